The van der Waals surface area contributed by atoms with Crippen LogP contribution in [0.2, 0.25) is 0 Å². The van der Waals surface area contributed by atoms with Gasteiger partial charge in [0.1, 0.15) is 28.9 Å². The van der Waals surface area contributed by atoms with Crippen LogP contribution in [0.1, 0.15) is 11.1 Å². The first-order chi connectivity index (χ1) is 13.1. The van der Waals surface area contributed by atoms with Crippen LogP contribution in [0.4, 0.5) is 5.82 Å². The van der Waals surface area contributed by atoms with E-state index in [0.717, 1.165) is 11.1 Å². The summed E-state index contributed by atoms with van der Waals surface area (Å²) in [6, 6.07) is 18.4. The number of benzene rings is 2. The largest absolute Gasteiger partial charge is 0.497 e. The lowest BCUT2D eigenvalue weighted by Crippen LogP contribution is -2.00. The molecule has 0 aliphatic carbocycles. The average molecular weight is 356 g/mol. The molecule has 3 aromatic rings. The molecule has 1 heterocycles. The van der Waals surface area contributed by atoms with E-state index in [9.17, 15) is 5.26 Å². The molecule has 0 fully saturated rings. The van der Waals surface area contributed by atoms with Crippen molar-refractivity contribution in [2.24, 2.45) is 0 Å². The Morgan fingerprint density at radius 2 is 1.48 bits per heavy atom. The Hall–Kier alpha value is -4.03. The Labute approximate surface area is 157 Å². The van der Waals surface area contributed by atoms with Crippen LogP contribution in [0.15, 0.2) is 48.5 Å². The summed E-state index contributed by atoms with van der Waals surface area (Å²) in [5.74, 6) is 1.34. The molecule has 0 spiro atoms. The summed E-state index contributed by atoms with van der Waals surface area (Å²) in [5, 5.41) is 18.5. The average Bonchev–Trinajstić information content (AvgIpc) is 2.72. The lowest BCUT2D eigenvalue weighted by atomic mass is 9.97. The number of aromatic nitrogens is 1. The van der Waals surface area contributed by atoms with Crippen LogP contribution < -0.4 is 15.2 Å². The monoisotopic (exact) mass is 356 g/mol. The van der Waals surface area contributed by atoms with Crippen LogP contribution in [0.5, 0.6) is 11.5 Å². The van der Waals surface area contributed by atoms with Crippen molar-refractivity contribution in [1.82, 2.24) is 4.98 Å². The standard InChI is InChI=1S/C21H16N4O2/c1-26-16-7-15(8-17(9-16)27-2)18-10-20(25-21(24)19(18)12-23)14-5-3-13(11-22)4-6-14/h3-10H,1-2H3,(H2,24,25). The first kappa shape index (κ1) is 17.8. The van der Waals surface area contributed by atoms with Gasteiger partial charge in [0.25, 0.3) is 0 Å². The maximum absolute atomic E-state index is 9.57. The lowest BCUT2D eigenvalue weighted by molar-refractivity contribution is 0.394. The molecule has 27 heavy (non-hydrogen) atoms. The number of nitrogens with zero attached hydrogens (tertiary/aromatic N) is 3. The number of hydrogen-bond donors (Lipinski definition) is 1. The Bertz CT molecular complexity index is 1050. The maximum atomic E-state index is 9.57. The van der Waals surface area contributed by atoms with Gasteiger partial charge in [-0.3, -0.25) is 0 Å². The van der Waals surface area contributed by atoms with Crippen LogP contribution in [-0.2, 0) is 0 Å². The number of rotatable bonds is 4. The summed E-state index contributed by atoms with van der Waals surface area (Å²) < 4.78 is 10.6. The van der Waals surface area contributed by atoms with E-state index >= 15 is 0 Å². The topological polar surface area (TPSA) is 105 Å². The quantitative estimate of drug-likeness (QED) is 0.763. The minimum atomic E-state index is 0.135. The molecule has 1 aromatic heterocycles. The summed E-state index contributed by atoms with van der Waals surface area (Å²) in [5.41, 5.74) is 9.64. The van der Waals surface area contributed by atoms with Crippen molar-refractivity contribution in [2.75, 3.05) is 20.0 Å². The van der Waals surface area contributed by atoms with Crippen LogP contribution in [0.25, 0.3) is 22.4 Å². The number of nitriles is 2. The van der Waals surface area contributed by atoms with Crippen LogP contribution in [0.3, 0.4) is 0 Å². The molecule has 0 saturated heterocycles. The third-order valence-corrected chi connectivity index (χ3v) is 4.13. The van der Waals surface area contributed by atoms with Gasteiger partial charge in [0.2, 0.25) is 0 Å². The predicted molar refractivity (Wildman–Crippen MR) is 102 cm³/mol. The molecule has 2 N–H and O–H groups in total. The number of methoxy groups -OCH3 is 2. The molecular formula is C21H16N4O2. The summed E-state index contributed by atoms with van der Waals surface area (Å²) in [6.45, 7) is 0. The minimum Gasteiger partial charge on any atom is -0.497 e. The molecule has 0 radical (unpaired) electrons. The highest BCUT2D eigenvalue weighted by Gasteiger charge is 2.15. The highest BCUT2D eigenvalue weighted by atomic mass is 16.5. The molecule has 0 unspecified atom stereocenters. The van der Waals surface area contributed by atoms with Crippen molar-refractivity contribution in [2.45, 2.75) is 0 Å². The van der Waals surface area contributed by atoms with E-state index in [0.29, 0.717) is 28.3 Å². The van der Waals surface area contributed by atoms with Crippen LogP contribution in [0, 0.1) is 22.7 Å². The fourth-order valence-electron chi connectivity index (χ4n) is 2.74. The van der Waals surface area contributed by atoms with Crippen molar-refractivity contribution in [1.29, 1.82) is 10.5 Å². The van der Waals surface area contributed by atoms with E-state index in [1.807, 2.05) is 0 Å². The third-order valence-electron chi connectivity index (χ3n) is 4.13. The van der Waals surface area contributed by atoms with E-state index < -0.39 is 0 Å². The number of pyridine rings is 1. The first-order valence-electron chi connectivity index (χ1n) is 8.04. The summed E-state index contributed by atoms with van der Waals surface area (Å²) in [7, 11) is 3.12. The molecule has 0 bridgehead atoms. The van der Waals surface area contributed by atoms with Gasteiger partial charge in [-0.25, -0.2) is 4.98 Å². The van der Waals surface area contributed by atoms with E-state index in [4.69, 9.17) is 20.5 Å². The molecule has 2 aromatic carbocycles. The second kappa shape index (κ2) is 7.47. The second-order valence-electron chi connectivity index (χ2n) is 5.72. The first-order valence-corrected chi connectivity index (χ1v) is 8.04. The Balaban J connectivity index is 2.22. The molecule has 0 amide bonds. The number of ether oxygens (including phenoxy) is 2. The molecular weight excluding hydrogens is 340 g/mol. The van der Waals surface area contributed by atoms with Crippen molar-refractivity contribution < 1.29 is 9.47 Å². The highest BCUT2D eigenvalue weighted by Crippen LogP contribution is 2.35. The zero-order chi connectivity index (χ0) is 19.4. The fraction of sp³-hybridized carbons (Fsp3) is 0.0952. The molecule has 6 heteroatoms. The number of hydrogen-bond acceptors (Lipinski definition) is 6. The molecule has 0 atom stereocenters. The normalized spacial score (nSPS) is 9.93. The molecule has 3 rings (SSSR count). The Morgan fingerprint density at radius 1 is 0.852 bits per heavy atom. The van der Waals surface area contributed by atoms with Gasteiger partial charge in [-0.05, 0) is 35.9 Å². The number of nitrogen functional groups attached to an aromatic ring is 1. The SMILES string of the molecule is COc1cc(OC)cc(-c2cc(-c3ccc(C#N)cc3)nc(N)c2C#N)c1. The maximum Gasteiger partial charge on any atom is 0.142 e. The molecule has 132 valence electrons. The second-order valence-corrected chi connectivity index (χ2v) is 5.72. The van der Waals surface area contributed by atoms with E-state index in [1.54, 1.807) is 62.8 Å². The summed E-state index contributed by atoms with van der Waals surface area (Å²) in [6.07, 6.45) is 0. The minimum absolute atomic E-state index is 0.135. The van der Waals surface area contributed by atoms with Gasteiger partial charge in [0.15, 0.2) is 0 Å². The number of anilines is 1. The van der Waals surface area contributed by atoms with E-state index in [2.05, 4.69) is 17.1 Å². The van der Waals surface area contributed by atoms with Gasteiger partial charge < -0.3 is 15.2 Å². The van der Waals surface area contributed by atoms with Gasteiger partial charge in [-0.2, -0.15) is 10.5 Å². The predicted octanol–water partition coefficient (Wildman–Crippen LogP) is 3.76. The summed E-state index contributed by atoms with van der Waals surface area (Å²) >= 11 is 0. The molecule has 0 saturated carbocycles. The summed E-state index contributed by atoms with van der Waals surface area (Å²) in [4.78, 5) is 4.35. The number of nitrogens with two attached hydrogens (primary N) is 1. The van der Waals surface area contributed by atoms with Crippen LogP contribution >= 0.6 is 0 Å². The molecule has 6 nitrogen and oxygen atoms in total. The third kappa shape index (κ3) is 3.51. The van der Waals surface area contributed by atoms with Crippen molar-refractivity contribution in [3.05, 3.63) is 59.7 Å². The van der Waals surface area contributed by atoms with E-state index in [1.165, 1.54) is 0 Å². The van der Waals surface area contributed by atoms with Gasteiger partial charge in [0, 0.05) is 17.2 Å². The van der Waals surface area contributed by atoms with Gasteiger partial charge in [-0.15, -0.1) is 0 Å². The molecule has 0 aliphatic rings. The van der Waals surface area contributed by atoms with Gasteiger partial charge in [0.05, 0.1) is 31.5 Å². The van der Waals surface area contributed by atoms with Crippen LogP contribution in [-0.4, -0.2) is 19.2 Å². The van der Waals surface area contributed by atoms with Gasteiger partial charge >= 0.3 is 0 Å². The smallest absolute Gasteiger partial charge is 0.142 e. The van der Waals surface area contributed by atoms with E-state index in [-0.39, 0.29) is 11.4 Å². The molecule has 0 aliphatic heterocycles. The lowest BCUT2D eigenvalue weighted by Gasteiger charge is -2.13. The van der Waals surface area contributed by atoms with Crippen molar-refractivity contribution >= 4 is 5.82 Å². The Morgan fingerprint density at radius 3 is 2.00 bits per heavy atom. The Kier molecular flexibility index (Phi) is 4.92. The zero-order valence-electron chi connectivity index (χ0n) is 14.9. The zero-order valence-corrected chi connectivity index (χ0v) is 14.9. The van der Waals surface area contributed by atoms with Gasteiger partial charge in [-0.1, -0.05) is 12.1 Å². The fourth-order valence-corrected chi connectivity index (χ4v) is 2.74. The van der Waals surface area contributed by atoms with Crippen molar-refractivity contribution in [3.8, 4) is 46.0 Å². The van der Waals surface area contributed by atoms with Crippen molar-refractivity contribution in [3.63, 3.8) is 0 Å². The highest BCUT2D eigenvalue weighted by molar-refractivity contribution is 5.81.